The summed E-state index contributed by atoms with van der Waals surface area (Å²) in [6.45, 7) is 5.45. The zero-order valence-corrected chi connectivity index (χ0v) is 21.3. The number of imidazole rings is 1. The van der Waals surface area contributed by atoms with Crippen molar-refractivity contribution in [2.75, 3.05) is 57.0 Å². The second kappa shape index (κ2) is 8.52. The molecule has 2 aliphatic heterocycles. The average Bonchev–Trinajstić information content (AvgIpc) is 3.10. The lowest BCUT2D eigenvalue weighted by molar-refractivity contribution is 0.0894. The Hall–Kier alpha value is -3.12. The predicted octanol–water partition coefficient (Wildman–Crippen LogP) is 2.13. The Bertz CT molecular complexity index is 1390. The van der Waals surface area contributed by atoms with Gasteiger partial charge in [-0.3, -0.25) is 0 Å². The van der Waals surface area contributed by atoms with Crippen molar-refractivity contribution in [1.29, 1.82) is 0 Å². The number of rotatable bonds is 5. The van der Waals surface area contributed by atoms with Crippen LogP contribution < -0.4 is 19.7 Å². The number of morpholine rings is 1. The summed E-state index contributed by atoms with van der Waals surface area (Å²) in [5, 5.41) is 3.11. The van der Waals surface area contributed by atoms with E-state index in [2.05, 4.69) is 15.2 Å². The van der Waals surface area contributed by atoms with Crippen LogP contribution in [0.1, 0.15) is 26.0 Å². The predicted molar refractivity (Wildman–Crippen MR) is 133 cm³/mol. The van der Waals surface area contributed by atoms with Crippen LogP contribution in [0.25, 0.3) is 17.0 Å². The van der Waals surface area contributed by atoms with Crippen LogP contribution in [0.2, 0.25) is 0 Å². The molecule has 0 spiro atoms. The molecule has 1 N–H and O–H groups in total. The first kappa shape index (κ1) is 23.6. The van der Waals surface area contributed by atoms with Crippen LogP contribution in [-0.4, -0.2) is 80.8 Å². The highest BCUT2D eigenvalue weighted by molar-refractivity contribution is 7.91. The zero-order valence-electron chi connectivity index (χ0n) is 20.5. The molecule has 3 aromatic rings. The van der Waals surface area contributed by atoms with Crippen LogP contribution in [0.3, 0.4) is 0 Å². The normalized spacial score (nSPS) is 18.4. The molecule has 35 heavy (non-hydrogen) atoms. The van der Waals surface area contributed by atoms with Crippen LogP contribution in [-0.2, 0) is 19.3 Å². The number of aromatic nitrogens is 4. The van der Waals surface area contributed by atoms with Crippen molar-refractivity contribution in [3.05, 3.63) is 23.9 Å². The Morgan fingerprint density at radius 1 is 1.20 bits per heavy atom. The number of ether oxygens (including phenoxy) is 3. The van der Waals surface area contributed by atoms with E-state index in [1.807, 2.05) is 18.2 Å². The third-order valence-electron chi connectivity index (χ3n) is 6.82. The fourth-order valence-electron chi connectivity index (χ4n) is 4.47. The molecular weight excluding hydrogens is 472 g/mol. The lowest BCUT2D eigenvalue weighted by atomic mass is 10.1. The molecule has 1 fully saturated rings. The van der Waals surface area contributed by atoms with Gasteiger partial charge in [-0.25, -0.2) is 23.0 Å². The topological polar surface area (TPSA) is 121 Å². The minimum absolute atomic E-state index is 0.0782. The number of benzene rings is 1. The maximum Gasteiger partial charge on any atom is 0.239 e. The molecule has 4 heterocycles. The van der Waals surface area contributed by atoms with Crippen molar-refractivity contribution < 1.29 is 22.6 Å². The smallest absolute Gasteiger partial charge is 0.239 e. The number of fused-ring (bicyclic) bond motifs is 4. The van der Waals surface area contributed by atoms with Crippen LogP contribution in [0.15, 0.2) is 18.2 Å². The summed E-state index contributed by atoms with van der Waals surface area (Å²) < 4.78 is 43.5. The minimum atomic E-state index is -3.55. The summed E-state index contributed by atoms with van der Waals surface area (Å²) in [4.78, 5) is 16.6. The molecule has 5 rings (SSSR count). The first-order valence-corrected chi connectivity index (χ1v) is 13.4. The molecule has 2 aromatic heterocycles. The van der Waals surface area contributed by atoms with Crippen molar-refractivity contribution in [1.82, 2.24) is 19.5 Å². The second-order valence-electron chi connectivity index (χ2n) is 9.24. The monoisotopic (exact) mass is 502 g/mol. The molecule has 2 aliphatic rings. The lowest BCUT2D eigenvalue weighted by Gasteiger charge is -2.35. The standard InChI is InChI=1S/C23H30N6O5S/c1-23(2,35(5,30)31)19-18-20(28-9-11-33-13-14(28)8-10-34-18)27-22(26-19)29-17-7-6-15(32-4)12-16(17)25-21(29)24-3/h6-7,12,14H,8-11,13H2,1-5H3,(H,24,25)/t14-/m1/s1. The first-order valence-electron chi connectivity index (χ1n) is 11.5. The summed E-state index contributed by atoms with van der Waals surface area (Å²) in [7, 11) is -0.186. The van der Waals surface area contributed by atoms with E-state index < -0.39 is 14.6 Å². The molecule has 0 saturated carbocycles. The number of nitrogens with zero attached hydrogens (tertiary/aromatic N) is 5. The Morgan fingerprint density at radius 2 is 2.00 bits per heavy atom. The van der Waals surface area contributed by atoms with Crippen molar-refractivity contribution >= 4 is 32.6 Å². The van der Waals surface area contributed by atoms with E-state index in [4.69, 9.17) is 24.2 Å². The van der Waals surface area contributed by atoms with Crippen molar-refractivity contribution in [2.24, 2.45) is 0 Å². The Kier molecular flexibility index (Phi) is 5.75. The average molecular weight is 503 g/mol. The minimum Gasteiger partial charge on any atom is -0.497 e. The van der Waals surface area contributed by atoms with Gasteiger partial charge in [-0.2, -0.15) is 4.98 Å². The van der Waals surface area contributed by atoms with Crippen molar-refractivity contribution in [2.45, 2.75) is 31.1 Å². The third-order valence-corrected chi connectivity index (χ3v) is 8.86. The van der Waals surface area contributed by atoms with Gasteiger partial charge in [-0.1, -0.05) is 0 Å². The van der Waals surface area contributed by atoms with Crippen LogP contribution in [0.4, 0.5) is 11.8 Å². The van der Waals surface area contributed by atoms with Gasteiger partial charge in [0.2, 0.25) is 11.9 Å². The third kappa shape index (κ3) is 3.84. The largest absolute Gasteiger partial charge is 0.497 e. The second-order valence-corrected chi connectivity index (χ2v) is 11.8. The van der Waals surface area contributed by atoms with Gasteiger partial charge < -0.3 is 24.4 Å². The molecule has 188 valence electrons. The Balaban J connectivity index is 1.82. The maximum atomic E-state index is 12.9. The molecular formula is C23H30N6O5S. The summed E-state index contributed by atoms with van der Waals surface area (Å²) in [6.07, 6.45) is 1.95. The molecule has 0 radical (unpaired) electrons. The van der Waals surface area contributed by atoms with E-state index >= 15 is 0 Å². The van der Waals surface area contributed by atoms with Gasteiger partial charge in [0.25, 0.3) is 0 Å². The number of hydrogen-bond donors (Lipinski definition) is 1. The molecule has 0 bridgehead atoms. The van der Waals surface area contributed by atoms with Gasteiger partial charge >= 0.3 is 0 Å². The van der Waals surface area contributed by atoms with E-state index in [1.54, 1.807) is 32.6 Å². The summed E-state index contributed by atoms with van der Waals surface area (Å²) in [6, 6.07) is 5.63. The Morgan fingerprint density at radius 3 is 2.71 bits per heavy atom. The number of methoxy groups -OCH3 is 1. The van der Waals surface area contributed by atoms with Crippen LogP contribution >= 0.6 is 0 Å². The molecule has 12 heteroatoms. The van der Waals surface area contributed by atoms with Gasteiger partial charge in [-0.05, 0) is 26.0 Å². The number of anilines is 2. The fourth-order valence-corrected chi connectivity index (χ4v) is 4.95. The van der Waals surface area contributed by atoms with Gasteiger partial charge in [0, 0.05) is 32.3 Å². The van der Waals surface area contributed by atoms with Crippen LogP contribution in [0, 0.1) is 0 Å². The number of sulfone groups is 1. The lowest BCUT2D eigenvalue weighted by Crippen LogP contribution is -2.46. The maximum absolute atomic E-state index is 12.9. The quantitative estimate of drug-likeness (QED) is 0.555. The molecule has 1 aromatic carbocycles. The van der Waals surface area contributed by atoms with E-state index in [0.29, 0.717) is 66.8 Å². The summed E-state index contributed by atoms with van der Waals surface area (Å²) in [5.74, 6) is 2.49. The number of hydrogen-bond acceptors (Lipinski definition) is 10. The van der Waals surface area contributed by atoms with E-state index in [1.165, 1.54) is 6.26 Å². The van der Waals surface area contributed by atoms with Crippen molar-refractivity contribution in [3.63, 3.8) is 0 Å². The molecule has 1 atom stereocenters. The van der Waals surface area contributed by atoms with Gasteiger partial charge in [0.05, 0.1) is 44.0 Å². The van der Waals surface area contributed by atoms with Crippen LogP contribution in [0.5, 0.6) is 11.5 Å². The fraction of sp³-hybridized carbons (Fsp3) is 0.522. The summed E-state index contributed by atoms with van der Waals surface area (Å²) >= 11 is 0. The van der Waals surface area contributed by atoms with E-state index in [-0.39, 0.29) is 6.04 Å². The van der Waals surface area contributed by atoms with Gasteiger partial charge in [-0.15, -0.1) is 0 Å². The molecule has 1 saturated heterocycles. The molecule has 0 unspecified atom stereocenters. The molecule has 0 amide bonds. The van der Waals surface area contributed by atoms with E-state index in [0.717, 1.165) is 11.9 Å². The zero-order chi connectivity index (χ0) is 25.0. The molecule has 0 aliphatic carbocycles. The van der Waals surface area contributed by atoms with Gasteiger partial charge in [0.1, 0.15) is 16.2 Å². The van der Waals surface area contributed by atoms with Crippen molar-refractivity contribution in [3.8, 4) is 17.4 Å². The van der Waals surface area contributed by atoms with Gasteiger partial charge in [0.15, 0.2) is 21.4 Å². The summed E-state index contributed by atoms with van der Waals surface area (Å²) in [5.41, 5.74) is 1.77. The highest BCUT2D eigenvalue weighted by Crippen LogP contribution is 2.43. The number of nitrogens with one attached hydrogen (secondary N) is 1. The highest BCUT2D eigenvalue weighted by Gasteiger charge is 2.42. The highest BCUT2D eigenvalue weighted by atomic mass is 32.2. The SMILES string of the molecule is CNc1nc2cc(OC)ccc2n1-c1nc2c(c(C(C)(C)S(C)(=O)=O)n1)OCC[C@@H]1COCCN21. The molecule has 11 nitrogen and oxygen atoms in total. The first-order chi connectivity index (χ1) is 16.7. The Labute approximate surface area is 204 Å². The van der Waals surface area contributed by atoms with E-state index in [9.17, 15) is 8.42 Å².